The van der Waals surface area contributed by atoms with E-state index in [9.17, 15) is 4.79 Å². The van der Waals surface area contributed by atoms with E-state index < -0.39 is 5.97 Å². The molecule has 0 atom stereocenters. The molecule has 0 aromatic heterocycles. The minimum Gasteiger partial charge on any atom is -0.478 e. The van der Waals surface area contributed by atoms with Crippen LogP contribution in [0.1, 0.15) is 51.4 Å². The van der Waals surface area contributed by atoms with Gasteiger partial charge in [-0.1, -0.05) is 38.7 Å². The number of carbonyl (C=O) groups is 1. The predicted molar refractivity (Wildman–Crippen MR) is 72.3 cm³/mol. The molecule has 17 heavy (non-hydrogen) atoms. The normalized spacial score (nSPS) is 10.8. The molecule has 0 saturated carbocycles. The van der Waals surface area contributed by atoms with Crippen LogP contribution >= 0.6 is 0 Å². The van der Waals surface area contributed by atoms with Crippen molar-refractivity contribution in [2.45, 2.75) is 51.4 Å². The van der Waals surface area contributed by atoms with Crippen LogP contribution in [0.25, 0.3) is 0 Å². The number of rotatable bonds is 11. The number of nitrogens with zero attached hydrogens (tertiary/aromatic N) is 1. The Morgan fingerprint density at radius 2 is 1.47 bits per heavy atom. The fourth-order valence-corrected chi connectivity index (χ4v) is 1.76. The van der Waals surface area contributed by atoms with Crippen LogP contribution in [0.3, 0.4) is 0 Å². The number of hydrogen-bond donors (Lipinski definition) is 1. The number of aliphatic carboxylic acids is 1. The first-order chi connectivity index (χ1) is 8.04. The molecule has 0 amide bonds. The van der Waals surface area contributed by atoms with Crippen molar-refractivity contribution in [3.8, 4) is 0 Å². The lowest BCUT2D eigenvalue weighted by molar-refractivity contribution is -0.132. The monoisotopic (exact) mass is 241 g/mol. The Labute approximate surface area is 106 Å². The van der Waals surface area contributed by atoms with E-state index in [4.69, 9.17) is 5.11 Å². The average Bonchev–Trinajstić information content (AvgIpc) is 2.25. The third-order valence-electron chi connectivity index (χ3n) is 2.89. The van der Waals surface area contributed by atoms with Gasteiger partial charge in [0.05, 0.1) is 0 Å². The Balaban J connectivity index is 3.14. The molecule has 3 heteroatoms. The summed E-state index contributed by atoms with van der Waals surface area (Å²) in [4.78, 5) is 12.7. The van der Waals surface area contributed by atoms with Crippen LogP contribution in [0.5, 0.6) is 0 Å². The molecule has 0 aliphatic rings. The van der Waals surface area contributed by atoms with Gasteiger partial charge in [0.1, 0.15) is 0 Å². The third kappa shape index (κ3) is 11.4. The SMILES string of the molecule is C=C(CCCCCCCCCN(C)C)C(=O)O. The first-order valence-electron chi connectivity index (χ1n) is 6.60. The Bertz CT molecular complexity index is 224. The molecule has 0 aliphatic carbocycles. The van der Waals surface area contributed by atoms with Gasteiger partial charge in [-0.25, -0.2) is 4.79 Å². The van der Waals surface area contributed by atoms with Gasteiger partial charge in [-0.15, -0.1) is 0 Å². The molecule has 1 N–H and O–H groups in total. The third-order valence-corrected chi connectivity index (χ3v) is 2.89. The molecule has 0 saturated heterocycles. The molecule has 100 valence electrons. The summed E-state index contributed by atoms with van der Waals surface area (Å²) in [6.07, 6.45) is 9.09. The van der Waals surface area contributed by atoms with Crippen LogP contribution in [0, 0.1) is 0 Å². The maximum Gasteiger partial charge on any atom is 0.330 e. The summed E-state index contributed by atoms with van der Waals surface area (Å²) in [6, 6.07) is 0. The van der Waals surface area contributed by atoms with Gasteiger partial charge in [0.2, 0.25) is 0 Å². The number of unbranched alkanes of at least 4 members (excludes halogenated alkanes) is 6. The molecule has 0 fully saturated rings. The smallest absolute Gasteiger partial charge is 0.330 e. The van der Waals surface area contributed by atoms with Crippen molar-refractivity contribution in [2.24, 2.45) is 0 Å². The first kappa shape index (κ1) is 16.2. The van der Waals surface area contributed by atoms with Crippen LogP contribution in [0.15, 0.2) is 12.2 Å². The zero-order valence-corrected chi connectivity index (χ0v) is 11.4. The van der Waals surface area contributed by atoms with E-state index in [-0.39, 0.29) is 0 Å². The number of carboxylic acid groups (broad SMARTS) is 1. The molecule has 0 rings (SSSR count). The molecule has 3 nitrogen and oxygen atoms in total. The zero-order chi connectivity index (χ0) is 13.1. The molecule has 0 heterocycles. The fraction of sp³-hybridized carbons (Fsp3) is 0.786. The highest BCUT2D eigenvalue weighted by atomic mass is 16.4. The second-order valence-corrected chi connectivity index (χ2v) is 4.94. The standard InChI is InChI=1S/C14H27NO2/c1-13(14(16)17)11-9-7-5-4-6-8-10-12-15(2)3/h1,4-12H2,2-3H3,(H,16,17). The Hall–Kier alpha value is -0.830. The van der Waals surface area contributed by atoms with Gasteiger partial charge < -0.3 is 10.0 Å². The quantitative estimate of drug-likeness (QED) is 0.445. The van der Waals surface area contributed by atoms with Crippen molar-refractivity contribution < 1.29 is 9.90 Å². The van der Waals surface area contributed by atoms with E-state index >= 15 is 0 Å². The van der Waals surface area contributed by atoms with E-state index in [0.29, 0.717) is 12.0 Å². The number of carboxylic acids is 1. The second kappa shape index (κ2) is 10.3. The van der Waals surface area contributed by atoms with Crippen LogP contribution < -0.4 is 0 Å². The van der Waals surface area contributed by atoms with Crippen LogP contribution in [-0.4, -0.2) is 36.6 Å². The van der Waals surface area contributed by atoms with Gasteiger partial charge in [-0.3, -0.25) is 0 Å². The highest BCUT2D eigenvalue weighted by Gasteiger charge is 2.02. The molecule has 0 radical (unpaired) electrons. The van der Waals surface area contributed by atoms with Crippen molar-refractivity contribution in [2.75, 3.05) is 20.6 Å². The van der Waals surface area contributed by atoms with Gasteiger partial charge in [0.15, 0.2) is 0 Å². The zero-order valence-electron chi connectivity index (χ0n) is 11.4. The van der Waals surface area contributed by atoms with Gasteiger partial charge in [0.25, 0.3) is 0 Å². The van der Waals surface area contributed by atoms with Gasteiger partial charge in [0, 0.05) is 5.57 Å². The van der Waals surface area contributed by atoms with Crippen molar-refractivity contribution in [1.82, 2.24) is 4.90 Å². The van der Waals surface area contributed by atoms with E-state index in [1.807, 2.05) is 0 Å². The molecule has 0 unspecified atom stereocenters. The maximum atomic E-state index is 10.5. The summed E-state index contributed by atoms with van der Waals surface area (Å²) in [7, 11) is 4.21. The molecule has 0 aromatic rings. The van der Waals surface area contributed by atoms with E-state index in [2.05, 4.69) is 25.6 Å². The van der Waals surface area contributed by atoms with Gasteiger partial charge in [-0.2, -0.15) is 0 Å². The lowest BCUT2D eigenvalue weighted by Gasteiger charge is -2.08. The molecule has 0 aromatic carbocycles. The number of hydrogen-bond acceptors (Lipinski definition) is 2. The van der Waals surface area contributed by atoms with Crippen molar-refractivity contribution in [3.63, 3.8) is 0 Å². The molecular formula is C14H27NO2. The summed E-state index contributed by atoms with van der Waals surface area (Å²) in [5, 5.41) is 8.62. The van der Waals surface area contributed by atoms with Crippen LogP contribution in [-0.2, 0) is 4.79 Å². The topological polar surface area (TPSA) is 40.5 Å². The van der Waals surface area contributed by atoms with Gasteiger partial charge >= 0.3 is 5.97 Å². The largest absolute Gasteiger partial charge is 0.478 e. The Morgan fingerprint density at radius 3 is 1.94 bits per heavy atom. The summed E-state index contributed by atoms with van der Waals surface area (Å²) in [5.74, 6) is -0.853. The summed E-state index contributed by atoms with van der Waals surface area (Å²) in [5.41, 5.74) is 0.344. The Morgan fingerprint density at radius 1 is 1.00 bits per heavy atom. The minimum atomic E-state index is -0.853. The maximum absolute atomic E-state index is 10.5. The summed E-state index contributed by atoms with van der Waals surface area (Å²) in [6.45, 7) is 4.70. The lowest BCUT2D eigenvalue weighted by atomic mass is 10.1. The van der Waals surface area contributed by atoms with Crippen molar-refractivity contribution in [1.29, 1.82) is 0 Å². The minimum absolute atomic E-state index is 0.344. The molecular weight excluding hydrogens is 214 g/mol. The Kier molecular flexibility index (Phi) is 9.83. The van der Waals surface area contributed by atoms with Crippen molar-refractivity contribution in [3.05, 3.63) is 12.2 Å². The summed E-state index contributed by atoms with van der Waals surface area (Å²) >= 11 is 0. The molecule has 0 aliphatic heterocycles. The molecule has 0 spiro atoms. The van der Waals surface area contributed by atoms with Gasteiger partial charge in [-0.05, 0) is 39.9 Å². The van der Waals surface area contributed by atoms with Crippen LogP contribution in [0.4, 0.5) is 0 Å². The lowest BCUT2D eigenvalue weighted by Crippen LogP contribution is -2.12. The second-order valence-electron chi connectivity index (χ2n) is 4.94. The summed E-state index contributed by atoms with van der Waals surface area (Å²) < 4.78 is 0. The van der Waals surface area contributed by atoms with E-state index in [1.165, 1.54) is 38.6 Å². The van der Waals surface area contributed by atoms with Crippen molar-refractivity contribution >= 4 is 5.97 Å². The van der Waals surface area contributed by atoms with Crippen LogP contribution in [0.2, 0.25) is 0 Å². The molecule has 0 bridgehead atoms. The predicted octanol–water partition coefficient (Wildman–Crippen LogP) is 3.31. The van der Waals surface area contributed by atoms with E-state index in [1.54, 1.807) is 0 Å². The fourth-order valence-electron chi connectivity index (χ4n) is 1.76. The first-order valence-corrected chi connectivity index (χ1v) is 6.60. The van der Waals surface area contributed by atoms with E-state index in [0.717, 1.165) is 12.8 Å². The average molecular weight is 241 g/mol. The highest BCUT2D eigenvalue weighted by Crippen LogP contribution is 2.11. The highest BCUT2D eigenvalue weighted by molar-refractivity contribution is 5.85.